The van der Waals surface area contributed by atoms with E-state index in [1.165, 1.54) is 0 Å². The minimum atomic E-state index is -0.713. The molecule has 1 atom stereocenters. The molecule has 2 aromatic carbocycles. The topological polar surface area (TPSA) is 58.9 Å². The number of alkyl halides is 1. The monoisotopic (exact) mass is 534 g/mol. The molecule has 0 saturated heterocycles. The van der Waals surface area contributed by atoms with Crippen molar-refractivity contribution in [3.63, 3.8) is 0 Å². The van der Waals surface area contributed by atoms with Gasteiger partial charge in [0.15, 0.2) is 0 Å². The molecule has 0 radical (unpaired) electrons. The average Bonchev–Trinajstić information content (AvgIpc) is 2.67. The smallest absolute Gasteiger partial charge is 0.147 e. The third kappa shape index (κ3) is 6.10. The molecular weight excluding hydrogens is 511 g/mol. The van der Waals surface area contributed by atoms with Crippen LogP contribution in [-0.2, 0) is 5.41 Å². The number of hydrogen-bond acceptors (Lipinski definition) is 4. The summed E-state index contributed by atoms with van der Waals surface area (Å²) in [7, 11) is 0. The van der Waals surface area contributed by atoms with Gasteiger partial charge in [-0.1, -0.05) is 26.0 Å². The van der Waals surface area contributed by atoms with E-state index in [4.69, 9.17) is 26.2 Å². The average molecular weight is 537 g/mol. The van der Waals surface area contributed by atoms with Crippen molar-refractivity contribution in [1.82, 2.24) is 0 Å². The molecule has 4 nitrogen and oxygen atoms in total. The number of rotatable bonds is 10. The van der Waals surface area contributed by atoms with Gasteiger partial charge in [0.1, 0.15) is 24.2 Å². The molecule has 1 unspecified atom stereocenters. The fourth-order valence-corrected chi connectivity index (χ4v) is 4.18. The van der Waals surface area contributed by atoms with E-state index in [1.807, 2.05) is 24.3 Å². The summed E-state index contributed by atoms with van der Waals surface area (Å²) in [4.78, 5) is 0. The van der Waals surface area contributed by atoms with Crippen LogP contribution < -0.4 is 9.47 Å². The van der Waals surface area contributed by atoms with Crippen molar-refractivity contribution in [3.8, 4) is 11.5 Å². The Morgan fingerprint density at radius 2 is 1.64 bits per heavy atom. The summed E-state index contributed by atoms with van der Waals surface area (Å²) >= 11 is 12.8. The highest BCUT2D eigenvalue weighted by molar-refractivity contribution is 9.11. The van der Waals surface area contributed by atoms with Crippen LogP contribution in [0.25, 0.3) is 0 Å². The summed E-state index contributed by atoms with van der Waals surface area (Å²) in [5, 5.41) is 18.5. The maximum Gasteiger partial charge on any atom is 0.147 e. The molecule has 28 heavy (non-hydrogen) atoms. The fraction of sp³-hybridized carbons (Fsp3) is 0.429. The summed E-state index contributed by atoms with van der Waals surface area (Å²) < 4.78 is 12.9. The third-order valence-corrected chi connectivity index (χ3v) is 6.00. The van der Waals surface area contributed by atoms with Crippen molar-refractivity contribution in [2.75, 3.05) is 25.7 Å². The van der Waals surface area contributed by atoms with Gasteiger partial charge in [-0.05, 0) is 67.3 Å². The summed E-state index contributed by atoms with van der Waals surface area (Å²) in [5.74, 6) is 1.55. The molecule has 0 spiro atoms. The first-order valence-corrected chi connectivity index (χ1v) is 11.1. The van der Waals surface area contributed by atoms with Crippen molar-refractivity contribution in [1.29, 1.82) is 0 Å². The van der Waals surface area contributed by atoms with Crippen LogP contribution in [0.2, 0.25) is 0 Å². The van der Waals surface area contributed by atoms with Crippen molar-refractivity contribution in [2.24, 2.45) is 0 Å². The van der Waals surface area contributed by atoms with E-state index < -0.39 is 6.10 Å². The van der Waals surface area contributed by atoms with E-state index in [0.717, 1.165) is 25.8 Å². The second kappa shape index (κ2) is 10.8. The van der Waals surface area contributed by atoms with Crippen LogP contribution in [0.3, 0.4) is 0 Å². The fourth-order valence-electron chi connectivity index (χ4n) is 2.67. The third-order valence-electron chi connectivity index (χ3n) is 4.47. The Kier molecular flexibility index (Phi) is 9.09. The second-order valence-corrected chi connectivity index (χ2v) is 8.98. The lowest BCUT2D eigenvalue weighted by atomic mass is 9.78. The molecule has 2 N–H and O–H groups in total. The lowest BCUT2D eigenvalue weighted by molar-refractivity contribution is 0.124. The van der Waals surface area contributed by atoms with Crippen LogP contribution in [0, 0.1) is 0 Å². The van der Waals surface area contributed by atoms with Crippen molar-refractivity contribution in [2.45, 2.75) is 31.8 Å². The van der Waals surface area contributed by atoms with Gasteiger partial charge in [0.2, 0.25) is 0 Å². The zero-order valence-electron chi connectivity index (χ0n) is 15.9. The standard InChI is InChI=1S/C21H25Br2ClO4/c1-21(2,14-4-6-17(7-5-14)27-9-3-8-25)15-10-18(22)20(19(23)11-15)28-13-16(26)12-24/h4-7,10-11,16,25-26H,3,8-9,12-13H2,1-2H3. The Labute approximate surface area is 188 Å². The number of ether oxygens (including phenoxy) is 2. The molecule has 0 aromatic heterocycles. The maximum atomic E-state index is 9.61. The quantitative estimate of drug-likeness (QED) is 0.321. The van der Waals surface area contributed by atoms with Crippen LogP contribution >= 0.6 is 43.5 Å². The van der Waals surface area contributed by atoms with Gasteiger partial charge in [-0.15, -0.1) is 11.6 Å². The van der Waals surface area contributed by atoms with Gasteiger partial charge in [0, 0.05) is 18.4 Å². The SMILES string of the molecule is CC(C)(c1ccc(OCCCO)cc1)c1cc(Br)c(OCC(O)CCl)c(Br)c1. The molecule has 0 fully saturated rings. The molecule has 0 aliphatic rings. The van der Waals surface area contributed by atoms with Gasteiger partial charge in [0.05, 0.1) is 21.4 Å². The minimum absolute atomic E-state index is 0.124. The molecule has 2 rings (SSSR count). The van der Waals surface area contributed by atoms with Gasteiger partial charge in [-0.2, -0.15) is 0 Å². The maximum absolute atomic E-state index is 9.61. The molecule has 154 valence electrons. The van der Waals surface area contributed by atoms with Crippen LogP contribution in [0.1, 0.15) is 31.4 Å². The number of aliphatic hydroxyl groups excluding tert-OH is 2. The van der Waals surface area contributed by atoms with Crippen molar-refractivity contribution in [3.05, 3.63) is 56.5 Å². The summed E-state index contributed by atoms with van der Waals surface area (Å²) in [6.07, 6.45) is -0.0965. The molecule has 0 saturated carbocycles. The largest absolute Gasteiger partial charge is 0.494 e. The van der Waals surface area contributed by atoms with Crippen molar-refractivity contribution < 1.29 is 19.7 Å². The lowest BCUT2D eigenvalue weighted by Gasteiger charge is -2.27. The Morgan fingerprint density at radius 1 is 1.04 bits per heavy atom. The minimum Gasteiger partial charge on any atom is -0.494 e. The first-order valence-electron chi connectivity index (χ1n) is 9.00. The number of halogens is 3. The van der Waals surface area contributed by atoms with Crippen LogP contribution in [0.15, 0.2) is 45.3 Å². The van der Waals surface area contributed by atoms with Gasteiger partial charge in [-0.25, -0.2) is 0 Å². The molecule has 0 aliphatic heterocycles. The number of hydrogen-bond donors (Lipinski definition) is 2. The predicted octanol–water partition coefficient (Wildman–Crippen LogP) is 5.28. The normalized spacial score (nSPS) is 12.7. The Hall–Kier alpha value is -0.790. The first-order chi connectivity index (χ1) is 13.3. The van der Waals surface area contributed by atoms with Gasteiger partial charge in [0.25, 0.3) is 0 Å². The number of aliphatic hydroxyl groups is 2. The van der Waals surface area contributed by atoms with E-state index in [2.05, 4.69) is 57.8 Å². The molecule has 0 amide bonds. The molecule has 0 heterocycles. The highest BCUT2D eigenvalue weighted by atomic mass is 79.9. The molecule has 0 bridgehead atoms. The van der Waals surface area contributed by atoms with Crippen molar-refractivity contribution >= 4 is 43.5 Å². The van der Waals surface area contributed by atoms with Crippen LogP contribution in [0.5, 0.6) is 11.5 Å². The lowest BCUT2D eigenvalue weighted by Crippen LogP contribution is -2.20. The predicted molar refractivity (Wildman–Crippen MR) is 120 cm³/mol. The molecular formula is C21H25Br2ClO4. The van der Waals surface area contributed by atoms with Crippen LogP contribution in [0.4, 0.5) is 0 Å². The first kappa shape index (κ1) is 23.5. The van der Waals surface area contributed by atoms with E-state index in [-0.39, 0.29) is 24.5 Å². The highest BCUT2D eigenvalue weighted by Crippen LogP contribution is 2.41. The second-order valence-electron chi connectivity index (χ2n) is 6.96. The van der Waals surface area contributed by atoms with Gasteiger partial charge >= 0.3 is 0 Å². The van der Waals surface area contributed by atoms with E-state index in [9.17, 15) is 5.11 Å². The molecule has 0 aliphatic carbocycles. The summed E-state index contributed by atoms with van der Waals surface area (Å²) in [5.41, 5.74) is 2.00. The zero-order valence-corrected chi connectivity index (χ0v) is 19.8. The Bertz CT molecular complexity index is 742. The Morgan fingerprint density at radius 3 is 2.18 bits per heavy atom. The van der Waals surface area contributed by atoms with Crippen LogP contribution in [-0.4, -0.2) is 42.0 Å². The Balaban J connectivity index is 2.20. The number of benzene rings is 2. The van der Waals surface area contributed by atoms with Gasteiger partial charge < -0.3 is 19.7 Å². The molecule has 2 aromatic rings. The zero-order chi connectivity index (χ0) is 20.7. The molecule has 7 heteroatoms. The highest BCUT2D eigenvalue weighted by Gasteiger charge is 2.25. The summed E-state index contributed by atoms with van der Waals surface area (Å²) in [6.45, 7) is 5.06. The van der Waals surface area contributed by atoms with E-state index in [1.54, 1.807) is 0 Å². The van der Waals surface area contributed by atoms with Gasteiger partial charge in [-0.3, -0.25) is 0 Å². The van der Waals surface area contributed by atoms with E-state index >= 15 is 0 Å². The summed E-state index contributed by atoms with van der Waals surface area (Å²) in [6, 6.07) is 12.1. The van der Waals surface area contributed by atoms with E-state index in [0.29, 0.717) is 18.8 Å².